The first-order chi connectivity index (χ1) is 7.27. The third kappa shape index (κ3) is 1.56. The van der Waals surface area contributed by atoms with Crippen LogP contribution >= 0.6 is 0 Å². The third-order valence-corrected chi connectivity index (χ3v) is 2.37. The van der Waals surface area contributed by atoms with Crippen LogP contribution in [0.1, 0.15) is 13.3 Å². The molecule has 0 atom stereocenters. The quantitative estimate of drug-likeness (QED) is 0.775. The van der Waals surface area contributed by atoms with Crippen LogP contribution < -0.4 is 4.74 Å². The SMILES string of the molecule is CCCn1cc(F)c2c(OC)nccc21. The molecule has 0 amide bonds. The van der Waals surface area contributed by atoms with Crippen molar-refractivity contribution in [2.75, 3.05) is 7.11 Å². The zero-order chi connectivity index (χ0) is 10.8. The molecule has 0 spiro atoms. The number of aryl methyl sites for hydroxylation is 1. The molecule has 15 heavy (non-hydrogen) atoms. The van der Waals surface area contributed by atoms with E-state index >= 15 is 0 Å². The average Bonchev–Trinajstić information content (AvgIpc) is 2.57. The summed E-state index contributed by atoms with van der Waals surface area (Å²) in [4.78, 5) is 3.98. The van der Waals surface area contributed by atoms with Crippen molar-refractivity contribution in [2.45, 2.75) is 19.9 Å². The lowest BCUT2D eigenvalue weighted by Crippen LogP contribution is -1.94. The molecule has 3 nitrogen and oxygen atoms in total. The zero-order valence-electron chi connectivity index (χ0n) is 8.83. The Kier molecular flexibility index (Phi) is 2.58. The van der Waals surface area contributed by atoms with Crippen LogP contribution in [0.15, 0.2) is 18.5 Å². The Morgan fingerprint density at radius 2 is 2.33 bits per heavy atom. The fraction of sp³-hybridized carbons (Fsp3) is 0.364. The van der Waals surface area contributed by atoms with E-state index in [0.29, 0.717) is 11.3 Å². The maximum absolute atomic E-state index is 13.6. The molecule has 80 valence electrons. The first-order valence-corrected chi connectivity index (χ1v) is 4.95. The van der Waals surface area contributed by atoms with Crippen LogP contribution in [0.5, 0.6) is 5.88 Å². The monoisotopic (exact) mass is 208 g/mol. The van der Waals surface area contributed by atoms with Crippen molar-refractivity contribution < 1.29 is 9.13 Å². The summed E-state index contributed by atoms with van der Waals surface area (Å²) in [6.45, 7) is 2.86. The fourth-order valence-corrected chi connectivity index (χ4v) is 1.75. The first kappa shape index (κ1) is 9.96. The predicted molar refractivity (Wildman–Crippen MR) is 56.5 cm³/mol. The molecule has 0 aliphatic rings. The normalized spacial score (nSPS) is 10.9. The van der Waals surface area contributed by atoms with E-state index in [1.54, 1.807) is 12.3 Å². The molecule has 2 rings (SSSR count). The van der Waals surface area contributed by atoms with Gasteiger partial charge < -0.3 is 9.30 Å². The van der Waals surface area contributed by atoms with Gasteiger partial charge in [-0.2, -0.15) is 0 Å². The van der Waals surface area contributed by atoms with Crippen molar-refractivity contribution in [3.63, 3.8) is 0 Å². The molecule has 4 heteroatoms. The molecule has 0 saturated carbocycles. The second-order valence-corrected chi connectivity index (χ2v) is 3.38. The molecular formula is C11H13FN2O. The number of halogens is 1. The summed E-state index contributed by atoms with van der Waals surface area (Å²) >= 11 is 0. The van der Waals surface area contributed by atoms with Gasteiger partial charge in [0.05, 0.1) is 18.0 Å². The Morgan fingerprint density at radius 1 is 1.53 bits per heavy atom. The van der Waals surface area contributed by atoms with Gasteiger partial charge in [-0.3, -0.25) is 0 Å². The van der Waals surface area contributed by atoms with Crippen LogP contribution in [0.3, 0.4) is 0 Å². The number of rotatable bonds is 3. The zero-order valence-corrected chi connectivity index (χ0v) is 8.83. The van der Waals surface area contributed by atoms with Crippen LogP contribution in [-0.2, 0) is 6.54 Å². The van der Waals surface area contributed by atoms with E-state index in [4.69, 9.17) is 4.74 Å². The third-order valence-electron chi connectivity index (χ3n) is 2.37. The van der Waals surface area contributed by atoms with Crippen molar-refractivity contribution in [1.82, 2.24) is 9.55 Å². The van der Waals surface area contributed by atoms with E-state index in [0.717, 1.165) is 18.5 Å². The van der Waals surface area contributed by atoms with Gasteiger partial charge in [0.15, 0.2) is 5.82 Å². The Labute approximate surface area is 87.5 Å². The Bertz CT molecular complexity index is 479. The number of hydrogen-bond acceptors (Lipinski definition) is 2. The van der Waals surface area contributed by atoms with Gasteiger partial charge in [0.1, 0.15) is 0 Å². The molecule has 2 aromatic rings. The van der Waals surface area contributed by atoms with Crippen LogP contribution in [0.25, 0.3) is 10.9 Å². The fourth-order valence-electron chi connectivity index (χ4n) is 1.75. The summed E-state index contributed by atoms with van der Waals surface area (Å²) in [7, 11) is 1.50. The Morgan fingerprint density at radius 3 is 3.00 bits per heavy atom. The topological polar surface area (TPSA) is 27.1 Å². The molecule has 0 radical (unpaired) electrons. The molecule has 0 N–H and O–H groups in total. The second-order valence-electron chi connectivity index (χ2n) is 3.38. The summed E-state index contributed by atoms with van der Waals surface area (Å²) in [5, 5.41) is 0.466. The van der Waals surface area contributed by atoms with E-state index in [-0.39, 0.29) is 5.82 Å². The molecule has 0 saturated heterocycles. The lowest BCUT2D eigenvalue weighted by Gasteiger charge is -2.03. The average molecular weight is 208 g/mol. The van der Waals surface area contributed by atoms with Crippen molar-refractivity contribution in [1.29, 1.82) is 0 Å². The van der Waals surface area contributed by atoms with Gasteiger partial charge in [-0.25, -0.2) is 9.37 Å². The largest absolute Gasteiger partial charge is 0.480 e. The Balaban J connectivity index is 2.68. The Hall–Kier alpha value is -1.58. The minimum absolute atomic E-state index is 0.275. The van der Waals surface area contributed by atoms with Crippen molar-refractivity contribution >= 4 is 10.9 Å². The maximum Gasteiger partial charge on any atom is 0.225 e. The van der Waals surface area contributed by atoms with Crippen molar-refractivity contribution in [3.8, 4) is 5.88 Å². The lowest BCUT2D eigenvalue weighted by molar-refractivity contribution is 0.402. The molecule has 0 aliphatic heterocycles. The van der Waals surface area contributed by atoms with E-state index in [1.165, 1.54) is 13.3 Å². The number of methoxy groups -OCH3 is 1. The van der Waals surface area contributed by atoms with Crippen LogP contribution in [0.2, 0.25) is 0 Å². The van der Waals surface area contributed by atoms with Crippen molar-refractivity contribution in [3.05, 3.63) is 24.3 Å². The molecule has 0 aliphatic carbocycles. The summed E-state index contributed by atoms with van der Waals surface area (Å²) in [6.07, 6.45) is 4.10. The molecule has 2 heterocycles. The number of hydrogen-bond donors (Lipinski definition) is 0. The highest BCUT2D eigenvalue weighted by atomic mass is 19.1. The number of aromatic nitrogens is 2. The first-order valence-electron chi connectivity index (χ1n) is 4.95. The van der Waals surface area contributed by atoms with Crippen LogP contribution in [-0.4, -0.2) is 16.7 Å². The molecule has 0 fully saturated rings. The second kappa shape index (κ2) is 3.88. The maximum atomic E-state index is 13.6. The standard InChI is InChI=1S/C11H13FN2O/c1-3-6-14-7-8(12)10-9(14)4-5-13-11(10)15-2/h4-5,7H,3,6H2,1-2H3. The van der Waals surface area contributed by atoms with Gasteiger partial charge in [0.25, 0.3) is 0 Å². The summed E-state index contributed by atoms with van der Waals surface area (Å²) in [5.74, 6) is 0.0725. The number of pyridine rings is 1. The highest BCUT2D eigenvalue weighted by molar-refractivity contribution is 5.85. The highest BCUT2D eigenvalue weighted by Crippen LogP contribution is 2.27. The molecular weight excluding hydrogens is 195 g/mol. The van der Waals surface area contributed by atoms with Gasteiger partial charge in [-0.05, 0) is 12.5 Å². The molecule has 2 aromatic heterocycles. The highest BCUT2D eigenvalue weighted by Gasteiger charge is 2.13. The van der Waals surface area contributed by atoms with E-state index in [2.05, 4.69) is 11.9 Å². The lowest BCUT2D eigenvalue weighted by atomic mass is 10.3. The van der Waals surface area contributed by atoms with Gasteiger partial charge in [-0.15, -0.1) is 0 Å². The number of nitrogens with zero attached hydrogens (tertiary/aromatic N) is 2. The molecule has 0 bridgehead atoms. The van der Waals surface area contributed by atoms with Crippen LogP contribution in [0.4, 0.5) is 4.39 Å². The van der Waals surface area contributed by atoms with Crippen LogP contribution in [0, 0.1) is 5.82 Å². The number of ether oxygens (including phenoxy) is 1. The van der Waals surface area contributed by atoms with E-state index in [1.807, 2.05) is 4.57 Å². The summed E-state index contributed by atoms with van der Waals surface area (Å²) in [5.41, 5.74) is 0.834. The van der Waals surface area contributed by atoms with Gasteiger partial charge in [0, 0.05) is 18.9 Å². The minimum atomic E-state index is -0.275. The van der Waals surface area contributed by atoms with Gasteiger partial charge in [-0.1, -0.05) is 6.92 Å². The summed E-state index contributed by atoms with van der Waals surface area (Å²) < 4.78 is 20.6. The summed E-state index contributed by atoms with van der Waals surface area (Å²) in [6, 6.07) is 1.80. The van der Waals surface area contributed by atoms with E-state index < -0.39 is 0 Å². The molecule has 0 aromatic carbocycles. The van der Waals surface area contributed by atoms with Gasteiger partial charge in [0.2, 0.25) is 5.88 Å². The minimum Gasteiger partial charge on any atom is -0.480 e. The molecule has 0 unspecified atom stereocenters. The predicted octanol–water partition coefficient (Wildman–Crippen LogP) is 2.59. The number of fused-ring (bicyclic) bond motifs is 1. The van der Waals surface area contributed by atoms with E-state index in [9.17, 15) is 4.39 Å². The van der Waals surface area contributed by atoms with Crippen molar-refractivity contribution in [2.24, 2.45) is 0 Å². The van der Waals surface area contributed by atoms with Gasteiger partial charge >= 0.3 is 0 Å². The smallest absolute Gasteiger partial charge is 0.225 e.